The van der Waals surface area contributed by atoms with E-state index in [2.05, 4.69) is 24.3 Å². The van der Waals surface area contributed by atoms with Crippen molar-refractivity contribution < 1.29 is 9.53 Å². The van der Waals surface area contributed by atoms with Crippen LogP contribution in [0.2, 0.25) is 0 Å². The Labute approximate surface area is 182 Å². The van der Waals surface area contributed by atoms with E-state index in [9.17, 15) is 4.79 Å². The van der Waals surface area contributed by atoms with Crippen LogP contribution in [0.5, 0.6) is 5.75 Å². The lowest BCUT2D eigenvalue weighted by molar-refractivity contribution is 0.0736. The van der Waals surface area contributed by atoms with Crippen LogP contribution in [0.15, 0.2) is 72.8 Å². The second-order valence-corrected chi connectivity index (χ2v) is 8.05. The first-order valence-corrected chi connectivity index (χ1v) is 10.5. The topological polar surface area (TPSA) is 42.4 Å². The summed E-state index contributed by atoms with van der Waals surface area (Å²) in [6.07, 6.45) is 0.882. The molecule has 0 unspecified atom stereocenters. The zero-order valence-corrected chi connectivity index (χ0v) is 17.8. The van der Waals surface area contributed by atoms with Crippen molar-refractivity contribution in [1.29, 1.82) is 0 Å². The largest absolute Gasteiger partial charge is 0.497 e. The number of carbonyl (C=O) groups is 1. The van der Waals surface area contributed by atoms with Gasteiger partial charge in [-0.05, 0) is 54.8 Å². The van der Waals surface area contributed by atoms with Gasteiger partial charge in [-0.1, -0.05) is 48.0 Å². The lowest BCUT2D eigenvalue weighted by Crippen LogP contribution is -2.36. The number of aromatic nitrogens is 1. The molecule has 154 valence electrons. The van der Waals surface area contributed by atoms with Crippen molar-refractivity contribution in [3.8, 4) is 17.0 Å². The molecular weight excluding hydrogens is 384 g/mol. The molecule has 0 radical (unpaired) electrons. The van der Waals surface area contributed by atoms with Gasteiger partial charge in [0.25, 0.3) is 5.91 Å². The molecule has 1 aliphatic heterocycles. The Morgan fingerprint density at radius 1 is 0.968 bits per heavy atom. The van der Waals surface area contributed by atoms with Gasteiger partial charge < -0.3 is 9.64 Å². The fourth-order valence-electron chi connectivity index (χ4n) is 4.29. The summed E-state index contributed by atoms with van der Waals surface area (Å²) in [7, 11) is 1.65. The number of methoxy groups -OCH3 is 1. The van der Waals surface area contributed by atoms with Crippen molar-refractivity contribution >= 4 is 16.8 Å². The number of fused-ring (bicyclic) bond motifs is 2. The molecule has 0 atom stereocenters. The Bertz CT molecular complexity index is 1300. The van der Waals surface area contributed by atoms with Gasteiger partial charge in [0.1, 0.15) is 5.75 Å². The molecule has 2 heterocycles. The number of nitrogens with zero attached hydrogens (tertiary/aromatic N) is 2. The molecule has 0 saturated heterocycles. The lowest BCUT2D eigenvalue weighted by Gasteiger charge is -2.29. The highest BCUT2D eigenvalue weighted by molar-refractivity contribution is 6.07. The summed E-state index contributed by atoms with van der Waals surface area (Å²) < 4.78 is 5.38. The molecule has 0 bridgehead atoms. The van der Waals surface area contributed by atoms with E-state index in [0.717, 1.165) is 46.4 Å². The summed E-state index contributed by atoms with van der Waals surface area (Å²) in [4.78, 5) is 20.5. The van der Waals surface area contributed by atoms with Crippen LogP contribution in [0.4, 0.5) is 0 Å². The number of pyridine rings is 1. The Morgan fingerprint density at radius 2 is 1.81 bits per heavy atom. The van der Waals surface area contributed by atoms with E-state index in [1.165, 1.54) is 11.1 Å². The van der Waals surface area contributed by atoms with Gasteiger partial charge in [-0.2, -0.15) is 0 Å². The third kappa shape index (κ3) is 3.66. The van der Waals surface area contributed by atoms with E-state index in [-0.39, 0.29) is 5.91 Å². The molecule has 4 nitrogen and oxygen atoms in total. The normalized spacial score (nSPS) is 13.2. The fraction of sp³-hybridized carbons (Fsp3) is 0.185. The summed E-state index contributed by atoms with van der Waals surface area (Å²) in [6.45, 7) is 3.40. The van der Waals surface area contributed by atoms with Crippen molar-refractivity contribution in [3.05, 3.63) is 95.1 Å². The number of carbonyl (C=O) groups excluding carboxylic acids is 1. The summed E-state index contributed by atoms with van der Waals surface area (Å²) in [5.74, 6) is 0.820. The number of hydrogen-bond donors (Lipinski definition) is 0. The predicted molar refractivity (Wildman–Crippen MR) is 123 cm³/mol. The monoisotopic (exact) mass is 408 g/mol. The number of aryl methyl sites for hydroxylation is 1. The fourth-order valence-corrected chi connectivity index (χ4v) is 4.29. The van der Waals surface area contributed by atoms with E-state index in [0.29, 0.717) is 12.1 Å². The molecule has 4 heteroatoms. The predicted octanol–water partition coefficient (Wildman–Crippen LogP) is 5.42. The Hall–Kier alpha value is -3.66. The van der Waals surface area contributed by atoms with Crippen LogP contribution in [0.3, 0.4) is 0 Å². The van der Waals surface area contributed by atoms with Crippen LogP contribution in [-0.2, 0) is 13.0 Å². The maximum atomic E-state index is 13.7. The number of amides is 1. The van der Waals surface area contributed by atoms with Gasteiger partial charge in [0, 0.05) is 24.0 Å². The molecule has 5 rings (SSSR count). The molecule has 4 aromatic rings. The average molecular weight is 409 g/mol. The molecule has 1 aliphatic rings. The number of ether oxygens (including phenoxy) is 1. The van der Waals surface area contributed by atoms with Gasteiger partial charge in [0.2, 0.25) is 0 Å². The van der Waals surface area contributed by atoms with Gasteiger partial charge in [0.05, 0.1) is 23.9 Å². The van der Waals surface area contributed by atoms with E-state index < -0.39 is 0 Å². The third-order valence-electron chi connectivity index (χ3n) is 5.98. The Balaban J connectivity index is 1.61. The van der Waals surface area contributed by atoms with Gasteiger partial charge in [-0.15, -0.1) is 0 Å². The third-order valence-corrected chi connectivity index (χ3v) is 5.98. The zero-order chi connectivity index (χ0) is 21.4. The summed E-state index contributed by atoms with van der Waals surface area (Å²) in [5, 5.41) is 0.899. The lowest BCUT2D eigenvalue weighted by atomic mass is 9.97. The van der Waals surface area contributed by atoms with Crippen molar-refractivity contribution in [1.82, 2.24) is 9.88 Å². The molecule has 0 spiro atoms. The van der Waals surface area contributed by atoms with E-state index in [4.69, 9.17) is 9.72 Å². The highest BCUT2D eigenvalue weighted by atomic mass is 16.5. The van der Waals surface area contributed by atoms with Gasteiger partial charge in [-0.25, -0.2) is 4.98 Å². The zero-order valence-electron chi connectivity index (χ0n) is 17.8. The molecule has 0 N–H and O–H groups in total. The highest BCUT2D eigenvalue weighted by Crippen LogP contribution is 2.30. The van der Waals surface area contributed by atoms with Crippen LogP contribution in [0, 0.1) is 6.92 Å². The first-order chi connectivity index (χ1) is 15.1. The maximum Gasteiger partial charge on any atom is 0.254 e. The van der Waals surface area contributed by atoms with Crippen LogP contribution in [0.25, 0.3) is 22.2 Å². The second kappa shape index (κ2) is 7.88. The minimum absolute atomic E-state index is 0.0525. The average Bonchev–Trinajstić information content (AvgIpc) is 2.82. The van der Waals surface area contributed by atoms with E-state index >= 15 is 0 Å². The quantitative estimate of drug-likeness (QED) is 0.455. The Kier molecular flexibility index (Phi) is 4.91. The summed E-state index contributed by atoms with van der Waals surface area (Å²) in [5.41, 5.74) is 6.90. The first-order valence-electron chi connectivity index (χ1n) is 10.5. The number of rotatable bonds is 3. The minimum Gasteiger partial charge on any atom is -0.497 e. The van der Waals surface area contributed by atoms with Gasteiger partial charge in [-0.3, -0.25) is 4.79 Å². The summed E-state index contributed by atoms with van der Waals surface area (Å²) in [6, 6.07) is 24.2. The van der Waals surface area contributed by atoms with Crippen molar-refractivity contribution in [2.45, 2.75) is 19.9 Å². The van der Waals surface area contributed by atoms with Crippen molar-refractivity contribution in [2.75, 3.05) is 13.7 Å². The number of hydrogen-bond acceptors (Lipinski definition) is 3. The van der Waals surface area contributed by atoms with Crippen LogP contribution >= 0.6 is 0 Å². The molecule has 1 amide bonds. The van der Waals surface area contributed by atoms with Crippen LogP contribution in [-0.4, -0.2) is 29.4 Å². The molecule has 0 saturated carbocycles. The van der Waals surface area contributed by atoms with Crippen molar-refractivity contribution in [3.63, 3.8) is 0 Å². The minimum atomic E-state index is 0.0525. The Morgan fingerprint density at radius 3 is 2.65 bits per heavy atom. The van der Waals surface area contributed by atoms with E-state index in [1.807, 2.05) is 60.4 Å². The molecule has 1 aromatic heterocycles. The molecule has 0 aliphatic carbocycles. The number of benzene rings is 3. The van der Waals surface area contributed by atoms with Crippen LogP contribution < -0.4 is 4.74 Å². The van der Waals surface area contributed by atoms with Crippen molar-refractivity contribution in [2.24, 2.45) is 0 Å². The molecular formula is C27H24N2O2. The standard InChI is InChI=1S/C27H24N2O2/c1-18-10-11-25-23(14-18)24(16-26(28-25)20-8-5-9-22(15-20)31-2)27(30)29-13-12-19-6-3-4-7-21(19)17-29/h3-11,14-16H,12-13,17H2,1-2H3. The highest BCUT2D eigenvalue weighted by Gasteiger charge is 2.24. The first kappa shape index (κ1) is 19.3. The molecule has 3 aromatic carbocycles. The second-order valence-electron chi connectivity index (χ2n) is 8.05. The van der Waals surface area contributed by atoms with Gasteiger partial charge in [0.15, 0.2) is 0 Å². The smallest absolute Gasteiger partial charge is 0.254 e. The molecule has 0 fully saturated rings. The van der Waals surface area contributed by atoms with Gasteiger partial charge >= 0.3 is 0 Å². The summed E-state index contributed by atoms with van der Waals surface area (Å²) >= 11 is 0. The van der Waals surface area contributed by atoms with Crippen LogP contribution in [0.1, 0.15) is 27.0 Å². The molecule has 31 heavy (non-hydrogen) atoms. The SMILES string of the molecule is COc1cccc(-c2cc(C(=O)N3CCc4ccccc4C3)c3cc(C)ccc3n2)c1. The maximum absolute atomic E-state index is 13.7. The van der Waals surface area contributed by atoms with E-state index in [1.54, 1.807) is 7.11 Å².